The summed E-state index contributed by atoms with van der Waals surface area (Å²) < 4.78 is 0. The minimum atomic E-state index is -1.04. The average molecular weight is 431 g/mol. The quantitative estimate of drug-likeness (QED) is 0.366. The molecule has 1 heterocycles. The molecule has 0 N–H and O–H groups in total. The SMILES string of the molecule is CC(=O)C1(c2ccccc2)N=C(c2ccccc2)N(Cc2ccccc2)C1c1ccccc1. The number of aliphatic imine (C=N–C) groups is 1. The van der Waals surface area contributed by atoms with E-state index in [0.717, 1.165) is 22.5 Å². The lowest BCUT2D eigenvalue weighted by molar-refractivity contribution is -0.123. The van der Waals surface area contributed by atoms with Crippen LogP contribution >= 0.6 is 0 Å². The lowest BCUT2D eigenvalue weighted by Gasteiger charge is -2.37. The number of benzene rings is 4. The molecule has 0 radical (unpaired) electrons. The summed E-state index contributed by atoms with van der Waals surface area (Å²) in [6, 6.07) is 40.6. The molecule has 0 aliphatic carbocycles. The van der Waals surface area contributed by atoms with Crippen molar-refractivity contribution in [2.45, 2.75) is 25.0 Å². The van der Waals surface area contributed by atoms with Gasteiger partial charge < -0.3 is 4.90 Å². The second kappa shape index (κ2) is 8.87. The highest BCUT2D eigenvalue weighted by Gasteiger charge is 2.54. The maximum absolute atomic E-state index is 13.6. The molecule has 1 aliphatic heterocycles. The van der Waals surface area contributed by atoms with Gasteiger partial charge >= 0.3 is 0 Å². The van der Waals surface area contributed by atoms with Gasteiger partial charge in [-0.15, -0.1) is 0 Å². The standard InChI is InChI=1S/C30H26N2O/c1-23(33)30(27-20-12-5-13-21-27)28(25-16-8-3-9-17-25)32(22-24-14-6-2-7-15-24)29(31-30)26-18-10-4-11-19-26/h2-21,28H,22H2,1H3. The molecule has 162 valence electrons. The normalized spacial score (nSPS) is 19.8. The number of hydrogen-bond donors (Lipinski definition) is 0. The maximum Gasteiger partial charge on any atom is 0.170 e. The van der Waals surface area contributed by atoms with Gasteiger partial charge in [0, 0.05) is 12.1 Å². The molecule has 0 spiro atoms. The largest absolute Gasteiger partial charge is 0.342 e. The maximum atomic E-state index is 13.6. The fourth-order valence-corrected chi connectivity index (χ4v) is 4.85. The van der Waals surface area contributed by atoms with E-state index in [-0.39, 0.29) is 11.8 Å². The highest BCUT2D eigenvalue weighted by Crippen LogP contribution is 2.49. The summed E-state index contributed by atoms with van der Waals surface area (Å²) in [5.74, 6) is 0.874. The molecule has 33 heavy (non-hydrogen) atoms. The van der Waals surface area contributed by atoms with Crippen molar-refractivity contribution in [1.29, 1.82) is 0 Å². The number of carbonyl (C=O) groups is 1. The zero-order valence-corrected chi connectivity index (χ0v) is 18.6. The van der Waals surface area contributed by atoms with Crippen molar-refractivity contribution in [3.05, 3.63) is 144 Å². The van der Waals surface area contributed by atoms with Gasteiger partial charge in [0.2, 0.25) is 0 Å². The Balaban J connectivity index is 1.78. The first-order valence-corrected chi connectivity index (χ1v) is 11.3. The molecule has 0 amide bonds. The molecule has 0 saturated carbocycles. The van der Waals surface area contributed by atoms with Gasteiger partial charge in [0.15, 0.2) is 11.3 Å². The number of nitrogens with zero attached hydrogens (tertiary/aromatic N) is 2. The Hall–Kier alpha value is -3.98. The highest BCUT2D eigenvalue weighted by atomic mass is 16.1. The van der Waals surface area contributed by atoms with Gasteiger partial charge in [-0.25, -0.2) is 4.99 Å². The first kappa shape index (κ1) is 20.9. The molecule has 3 nitrogen and oxygen atoms in total. The number of amidine groups is 1. The van der Waals surface area contributed by atoms with E-state index in [2.05, 4.69) is 53.4 Å². The zero-order chi connectivity index (χ0) is 22.7. The molecule has 3 heteroatoms. The third-order valence-corrected chi connectivity index (χ3v) is 6.36. The molecule has 4 aromatic carbocycles. The van der Waals surface area contributed by atoms with Crippen molar-refractivity contribution in [3.63, 3.8) is 0 Å². The van der Waals surface area contributed by atoms with Gasteiger partial charge in [-0.3, -0.25) is 4.79 Å². The molecule has 0 fully saturated rings. The fourth-order valence-electron chi connectivity index (χ4n) is 4.85. The Bertz CT molecular complexity index is 1250. The first-order chi connectivity index (χ1) is 16.2. The highest BCUT2D eigenvalue weighted by molar-refractivity contribution is 6.05. The van der Waals surface area contributed by atoms with Crippen molar-refractivity contribution < 1.29 is 4.79 Å². The van der Waals surface area contributed by atoms with Crippen LogP contribution in [0.4, 0.5) is 0 Å². The van der Waals surface area contributed by atoms with Gasteiger partial charge in [-0.05, 0) is 23.6 Å². The molecule has 2 atom stereocenters. The number of carbonyl (C=O) groups excluding carboxylic acids is 1. The minimum absolute atomic E-state index is 0.0338. The van der Waals surface area contributed by atoms with Crippen LogP contribution in [-0.4, -0.2) is 16.5 Å². The van der Waals surface area contributed by atoms with Crippen LogP contribution in [0.3, 0.4) is 0 Å². The second-order valence-corrected chi connectivity index (χ2v) is 8.42. The Morgan fingerprint density at radius 1 is 0.758 bits per heavy atom. The van der Waals surface area contributed by atoms with E-state index in [1.807, 2.05) is 72.8 Å². The van der Waals surface area contributed by atoms with Gasteiger partial charge in [0.25, 0.3) is 0 Å². The fraction of sp³-hybridized carbons (Fsp3) is 0.133. The van der Waals surface area contributed by atoms with Crippen LogP contribution in [0.25, 0.3) is 0 Å². The number of hydrogen-bond acceptors (Lipinski definition) is 3. The Morgan fingerprint density at radius 2 is 1.27 bits per heavy atom. The summed E-state index contributed by atoms with van der Waals surface area (Å²) in [7, 11) is 0. The smallest absolute Gasteiger partial charge is 0.170 e. The lowest BCUT2D eigenvalue weighted by atomic mass is 9.77. The van der Waals surface area contributed by atoms with Crippen LogP contribution in [0, 0.1) is 0 Å². The van der Waals surface area contributed by atoms with Crippen molar-refractivity contribution in [2.75, 3.05) is 0 Å². The molecule has 4 aromatic rings. The Kier molecular flexibility index (Phi) is 5.62. The van der Waals surface area contributed by atoms with E-state index in [0.29, 0.717) is 6.54 Å². The van der Waals surface area contributed by atoms with Gasteiger partial charge in [0.05, 0.1) is 6.04 Å². The van der Waals surface area contributed by atoms with Gasteiger partial charge in [-0.2, -0.15) is 0 Å². The van der Waals surface area contributed by atoms with Gasteiger partial charge in [-0.1, -0.05) is 121 Å². The molecule has 1 aliphatic rings. The lowest BCUT2D eigenvalue weighted by Crippen LogP contribution is -2.42. The molecule has 2 unspecified atom stereocenters. The third-order valence-electron chi connectivity index (χ3n) is 6.36. The Morgan fingerprint density at radius 3 is 1.85 bits per heavy atom. The van der Waals surface area contributed by atoms with Crippen LogP contribution in [0.2, 0.25) is 0 Å². The topological polar surface area (TPSA) is 32.7 Å². The predicted octanol–water partition coefficient (Wildman–Crippen LogP) is 6.17. The van der Waals surface area contributed by atoms with E-state index in [1.165, 1.54) is 5.56 Å². The van der Waals surface area contributed by atoms with E-state index >= 15 is 0 Å². The average Bonchev–Trinajstić information content (AvgIpc) is 3.22. The van der Waals surface area contributed by atoms with E-state index in [4.69, 9.17) is 4.99 Å². The molecule has 5 rings (SSSR count). The van der Waals surface area contributed by atoms with Crippen LogP contribution < -0.4 is 0 Å². The van der Waals surface area contributed by atoms with Crippen LogP contribution in [0.15, 0.2) is 126 Å². The summed E-state index contributed by atoms with van der Waals surface area (Å²) in [4.78, 5) is 21.2. The van der Waals surface area contributed by atoms with Crippen molar-refractivity contribution in [3.8, 4) is 0 Å². The minimum Gasteiger partial charge on any atom is -0.342 e. The summed E-state index contributed by atoms with van der Waals surface area (Å²) in [5, 5.41) is 0. The van der Waals surface area contributed by atoms with Crippen molar-refractivity contribution in [1.82, 2.24) is 4.90 Å². The molecular weight excluding hydrogens is 404 g/mol. The van der Waals surface area contributed by atoms with E-state index in [1.54, 1.807) is 6.92 Å². The summed E-state index contributed by atoms with van der Waals surface area (Å²) in [6.45, 7) is 2.32. The summed E-state index contributed by atoms with van der Waals surface area (Å²) >= 11 is 0. The predicted molar refractivity (Wildman–Crippen MR) is 133 cm³/mol. The molecular formula is C30H26N2O. The van der Waals surface area contributed by atoms with Crippen LogP contribution in [-0.2, 0) is 16.9 Å². The summed E-state index contributed by atoms with van der Waals surface area (Å²) in [6.07, 6.45) is 0. The van der Waals surface area contributed by atoms with Crippen molar-refractivity contribution >= 4 is 11.6 Å². The molecule has 0 saturated heterocycles. The molecule has 0 bridgehead atoms. The first-order valence-electron chi connectivity index (χ1n) is 11.3. The third kappa shape index (κ3) is 3.76. The van der Waals surface area contributed by atoms with Gasteiger partial charge in [0.1, 0.15) is 5.84 Å². The Labute approximate surface area is 195 Å². The second-order valence-electron chi connectivity index (χ2n) is 8.42. The van der Waals surface area contributed by atoms with Crippen molar-refractivity contribution in [2.24, 2.45) is 4.99 Å². The van der Waals surface area contributed by atoms with E-state index < -0.39 is 5.54 Å². The number of ketones is 1. The van der Waals surface area contributed by atoms with Crippen LogP contribution in [0.5, 0.6) is 0 Å². The molecule has 0 aromatic heterocycles. The monoisotopic (exact) mass is 430 g/mol. The van der Waals surface area contributed by atoms with E-state index in [9.17, 15) is 4.79 Å². The summed E-state index contributed by atoms with van der Waals surface area (Å²) in [5.41, 5.74) is 3.13. The number of Topliss-reactive ketones (excluding diaryl/α,β-unsaturated/α-hetero) is 1. The van der Waals surface area contributed by atoms with Crippen LogP contribution in [0.1, 0.15) is 35.2 Å². The number of rotatable bonds is 6. The zero-order valence-electron chi connectivity index (χ0n) is 18.6.